The molecular formula is C24H30N2O3. The highest BCUT2D eigenvalue weighted by Gasteiger charge is 2.29. The molecule has 5 nitrogen and oxygen atoms in total. The van der Waals surface area contributed by atoms with Crippen molar-refractivity contribution in [2.75, 3.05) is 26.3 Å². The van der Waals surface area contributed by atoms with Gasteiger partial charge in [0.2, 0.25) is 5.91 Å². The summed E-state index contributed by atoms with van der Waals surface area (Å²) in [6, 6.07) is 14.9. The van der Waals surface area contributed by atoms with Crippen molar-refractivity contribution in [2.45, 2.75) is 45.2 Å². The normalized spacial score (nSPS) is 19.7. The maximum atomic E-state index is 12.8. The summed E-state index contributed by atoms with van der Waals surface area (Å²) in [5.74, 6) is 1.71. The van der Waals surface area contributed by atoms with Crippen LogP contribution in [0, 0.1) is 6.92 Å². The largest absolute Gasteiger partial charge is 0.486 e. The molecule has 0 saturated carbocycles. The molecular weight excluding hydrogens is 364 g/mol. The van der Waals surface area contributed by atoms with Crippen LogP contribution < -0.4 is 14.8 Å². The second kappa shape index (κ2) is 8.87. The monoisotopic (exact) mass is 394 g/mol. The number of aryl methyl sites for hydroxylation is 1. The summed E-state index contributed by atoms with van der Waals surface area (Å²) in [4.78, 5) is 15.1. The fraction of sp³-hybridized carbons (Fsp3) is 0.458. The number of fused-ring (bicyclic) bond motifs is 1. The first-order valence-electron chi connectivity index (χ1n) is 10.6. The highest BCUT2D eigenvalue weighted by atomic mass is 16.6. The first kappa shape index (κ1) is 19.8. The molecule has 2 heterocycles. The van der Waals surface area contributed by atoms with E-state index in [4.69, 9.17) is 9.47 Å². The smallest absolute Gasteiger partial charge is 0.234 e. The zero-order valence-corrected chi connectivity index (χ0v) is 17.3. The Kier molecular flexibility index (Phi) is 6.05. The third-order valence-electron chi connectivity index (χ3n) is 5.88. The predicted octanol–water partition coefficient (Wildman–Crippen LogP) is 4.17. The van der Waals surface area contributed by atoms with Gasteiger partial charge < -0.3 is 14.8 Å². The molecule has 0 aliphatic carbocycles. The second-order valence-electron chi connectivity index (χ2n) is 7.97. The number of nitrogens with zero attached hydrogens (tertiary/aromatic N) is 1. The summed E-state index contributed by atoms with van der Waals surface area (Å²) < 4.78 is 11.4. The molecule has 2 aliphatic heterocycles. The van der Waals surface area contributed by atoms with Gasteiger partial charge in [-0.25, -0.2) is 0 Å². The van der Waals surface area contributed by atoms with Crippen molar-refractivity contribution < 1.29 is 14.3 Å². The van der Waals surface area contributed by atoms with E-state index in [1.807, 2.05) is 6.07 Å². The number of likely N-dealkylation sites (tertiary alicyclic amines) is 1. The van der Waals surface area contributed by atoms with Crippen LogP contribution in [0.15, 0.2) is 42.5 Å². The van der Waals surface area contributed by atoms with Crippen molar-refractivity contribution in [1.82, 2.24) is 10.2 Å². The van der Waals surface area contributed by atoms with Gasteiger partial charge in [-0.2, -0.15) is 0 Å². The lowest BCUT2D eigenvalue weighted by atomic mass is 10.0. The molecule has 0 radical (unpaired) electrons. The van der Waals surface area contributed by atoms with Crippen molar-refractivity contribution in [3.63, 3.8) is 0 Å². The van der Waals surface area contributed by atoms with Crippen molar-refractivity contribution in [1.29, 1.82) is 0 Å². The van der Waals surface area contributed by atoms with Crippen LogP contribution in [0.2, 0.25) is 0 Å². The SMILES string of the molecule is CC[C@H](NC(=O)CN1CCC[C@H]1c1ccc2c(c1)OCCO2)c1ccc(C)cc1. The third kappa shape index (κ3) is 4.56. The summed E-state index contributed by atoms with van der Waals surface area (Å²) in [6.07, 6.45) is 3.03. The Bertz CT molecular complexity index is 850. The van der Waals surface area contributed by atoms with Gasteiger partial charge in [0.15, 0.2) is 11.5 Å². The van der Waals surface area contributed by atoms with Gasteiger partial charge in [-0.15, -0.1) is 0 Å². The number of nitrogens with one attached hydrogen (secondary N) is 1. The Labute approximate surface area is 173 Å². The molecule has 1 N–H and O–H groups in total. The highest BCUT2D eigenvalue weighted by Crippen LogP contribution is 2.37. The molecule has 2 aliphatic rings. The lowest BCUT2D eigenvalue weighted by molar-refractivity contribution is -0.123. The molecule has 154 valence electrons. The quantitative estimate of drug-likeness (QED) is 0.799. The number of benzene rings is 2. The molecule has 0 unspecified atom stereocenters. The molecule has 0 bridgehead atoms. The Hall–Kier alpha value is -2.53. The zero-order chi connectivity index (χ0) is 20.2. The molecule has 0 aromatic heterocycles. The average molecular weight is 395 g/mol. The standard InChI is InChI=1S/C24H30N2O3/c1-3-20(18-8-6-17(2)7-9-18)25-24(27)16-26-12-4-5-21(26)19-10-11-22-23(15-19)29-14-13-28-22/h6-11,15,20-21H,3-5,12-14,16H2,1-2H3,(H,25,27)/t20-,21-/m0/s1. The van der Waals surface area contributed by atoms with Gasteiger partial charge in [0.05, 0.1) is 12.6 Å². The Balaban J connectivity index is 1.41. The minimum Gasteiger partial charge on any atom is -0.486 e. The van der Waals surface area contributed by atoms with Crippen LogP contribution in [0.4, 0.5) is 0 Å². The fourth-order valence-electron chi connectivity index (χ4n) is 4.30. The van der Waals surface area contributed by atoms with E-state index in [0.29, 0.717) is 19.8 Å². The van der Waals surface area contributed by atoms with Gasteiger partial charge in [-0.3, -0.25) is 9.69 Å². The Morgan fingerprint density at radius 3 is 2.66 bits per heavy atom. The van der Waals surface area contributed by atoms with Crippen LogP contribution in [0.25, 0.3) is 0 Å². The first-order chi connectivity index (χ1) is 14.1. The molecule has 4 rings (SSSR count). The van der Waals surface area contributed by atoms with Crippen LogP contribution in [0.5, 0.6) is 11.5 Å². The van der Waals surface area contributed by atoms with Gasteiger partial charge in [-0.05, 0) is 56.0 Å². The van der Waals surface area contributed by atoms with E-state index in [2.05, 4.69) is 60.5 Å². The Morgan fingerprint density at radius 2 is 1.90 bits per heavy atom. The van der Waals surface area contributed by atoms with Crippen molar-refractivity contribution in [2.24, 2.45) is 0 Å². The van der Waals surface area contributed by atoms with Crippen LogP contribution >= 0.6 is 0 Å². The number of carbonyl (C=O) groups excluding carboxylic acids is 1. The number of ether oxygens (including phenoxy) is 2. The number of carbonyl (C=O) groups is 1. The molecule has 2 aromatic rings. The molecule has 1 saturated heterocycles. The van der Waals surface area contributed by atoms with E-state index >= 15 is 0 Å². The maximum absolute atomic E-state index is 12.8. The number of rotatable bonds is 6. The first-order valence-corrected chi connectivity index (χ1v) is 10.6. The molecule has 1 fully saturated rings. The van der Waals surface area contributed by atoms with Gasteiger partial charge >= 0.3 is 0 Å². The van der Waals surface area contributed by atoms with E-state index in [9.17, 15) is 4.79 Å². The van der Waals surface area contributed by atoms with Crippen molar-refractivity contribution >= 4 is 5.91 Å². The van der Waals surface area contributed by atoms with Crippen LogP contribution in [0.1, 0.15) is 55.0 Å². The van der Waals surface area contributed by atoms with Crippen LogP contribution in [0.3, 0.4) is 0 Å². The Morgan fingerprint density at radius 1 is 1.14 bits per heavy atom. The topological polar surface area (TPSA) is 50.8 Å². The summed E-state index contributed by atoms with van der Waals surface area (Å²) in [5, 5.41) is 3.23. The predicted molar refractivity (Wildman–Crippen MR) is 113 cm³/mol. The number of hydrogen-bond acceptors (Lipinski definition) is 4. The summed E-state index contributed by atoms with van der Waals surface area (Å²) >= 11 is 0. The summed E-state index contributed by atoms with van der Waals surface area (Å²) in [7, 11) is 0. The molecule has 2 aromatic carbocycles. The summed E-state index contributed by atoms with van der Waals surface area (Å²) in [5.41, 5.74) is 3.59. The van der Waals surface area contributed by atoms with E-state index in [1.165, 1.54) is 11.1 Å². The van der Waals surface area contributed by atoms with Gasteiger partial charge in [0.25, 0.3) is 0 Å². The van der Waals surface area contributed by atoms with E-state index < -0.39 is 0 Å². The number of amides is 1. The van der Waals surface area contributed by atoms with Gasteiger partial charge in [-0.1, -0.05) is 42.8 Å². The molecule has 0 spiro atoms. The van der Waals surface area contributed by atoms with Crippen LogP contribution in [-0.2, 0) is 4.79 Å². The molecule has 2 atom stereocenters. The van der Waals surface area contributed by atoms with Gasteiger partial charge in [0, 0.05) is 6.04 Å². The van der Waals surface area contributed by atoms with E-state index in [0.717, 1.165) is 42.9 Å². The molecule has 29 heavy (non-hydrogen) atoms. The fourth-order valence-corrected chi connectivity index (χ4v) is 4.30. The average Bonchev–Trinajstić information content (AvgIpc) is 3.20. The second-order valence-corrected chi connectivity index (χ2v) is 7.97. The molecule has 5 heteroatoms. The van der Waals surface area contributed by atoms with Crippen molar-refractivity contribution in [3.8, 4) is 11.5 Å². The van der Waals surface area contributed by atoms with E-state index in [1.54, 1.807) is 0 Å². The van der Waals surface area contributed by atoms with Crippen LogP contribution in [-0.4, -0.2) is 37.1 Å². The zero-order valence-electron chi connectivity index (χ0n) is 17.3. The molecule has 1 amide bonds. The third-order valence-corrected chi connectivity index (χ3v) is 5.88. The minimum absolute atomic E-state index is 0.0541. The van der Waals surface area contributed by atoms with E-state index in [-0.39, 0.29) is 18.0 Å². The van der Waals surface area contributed by atoms with Gasteiger partial charge in [0.1, 0.15) is 13.2 Å². The minimum atomic E-state index is 0.0541. The highest BCUT2D eigenvalue weighted by molar-refractivity contribution is 5.78. The number of hydrogen-bond donors (Lipinski definition) is 1. The lowest BCUT2D eigenvalue weighted by Gasteiger charge is -2.27. The maximum Gasteiger partial charge on any atom is 0.234 e. The summed E-state index contributed by atoms with van der Waals surface area (Å²) in [6.45, 7) is 6.73. The lowest BCUT2D eigenvalue weighted by Crippen LogP contribution is -2.38. The van der Waals surface area contributed by atoms with Crippen molar-refractivity contribution in [3.05, 3.63) is 59.2 Å².